The first kappa shape index (κ1) is 21.8. The minimum Gasteiger partial charge on any atom is -0.365 e. The molecule has 178 valence electrons. The molecule has 2 aliphatic rings. The Balaban J connectivity index is 1.10. The molecule has 35 heavy (non-hydrogen) atoms. The molecule has 1 N–H and O–H groups in total. The van der Waals surface area contributed by atoms with Gasteiger partial charge in [0.2, 0.25) is 0 Å². The van der Waals surface area contributed by atoms with E-state index in [2.05, 4.69) is 15.3 Å². The fourth-order valence-electron chi connectivity index (χ4n) is 4.68. The number of hydrogen-bond acceptors (Lipinski definition) is 5. The number of halogens is 1. The van der Waals surface area contributed by atoms with Crippen LogP contribution >= 0.6 is 11.6 Å². The SMILES string of the molecule is O=C(c1ccc2cc[nH]c2c1)N1CCN(C(=O)c2nnn3c2COC(c2ccc(Cl)cc2)C3)CC1. The maximum Gasteiger partial charge on any atom is 0.276 e. The monoisotopic (exact) mass is 490 g/mol. The molecule has 6 rings (SSSR count). The number of amides is 2. The third kappa shape index (κ3) is 4.06. The Kier molecular flexibility index (Phi) is 5.50. The normalized spacial score (nSPS) is 18.0. The minimum atomic E-state index is -0.181. The van der Waals surface area contributed by atoms with Gasteiger partial charge in [-0.1, -0.05) is 35.0 Å². The number of carbonyl (C=O) groups is 2. The zero-order chi connectivity index (χ0) is 23.9. The largest absolute Gasteiger partial charge is 0.365 e. The van der Waals surface area contributed by atoms with Crippen molar-refractivity contribution in [1.29, 1.82) is 0 Å². The molecule has 0 spiro atoms. The van der Waals surface area contributed by atoms with Gasteiger partial charge in [-0.2, -0.15) is 0 Å². The quantitative estimate of drug-likeness (QED) is 0.475. The maximum absolute atomic E-state index is 13.2. The second kappa shape index (κ2) is 8.83. The van der Waals surface area contributed by atoms with Crippen LogP contribution in [0.15, 0.2) is 54.7 Å². The van der Waals surface area contributed by atoms with Gasteiger partial charge < -0.3 is 19.5 Å². The van der Waals surface area contributed by atoms with Crippen LogP contribution in [0, 0.1) is 0 Å². The summed E-state index contributed by atoms with van der Waals surface area (Å²) in [7, 11) is 0. The number of hydrogen-bond donors (Lipinski definition) is 1. The van der Waals surface area contributed by atoms with E-state index in [1.54, 1.807) is 14.5 Å². The van der Waals surface area contributed by atoms with Crippen LogP contribution in [-0.4, -0.2) is 67.8 Å². The van der Waals surface area contributed by atoms with Crippen LogP contribution in [0.25, 0.3) is 10.9 Å². The number of rotatable bonds is 3. The van der Waals surface area contributed by atoms with E-state index in [0.717, 1.165) is 16.5 Å². The highest BCUT2D eigenvalue weighted by atomic mass is 35.5. The lowest BCUT2D eigenvalue weighted by molar-refractivity contribution is -0.00202. The van der Waals surface area contributed by atoms with Gasteiger partial charge in [-0.05, 0) is 41.3 Å². The fraction of sp³-hybridized carbons (Fsp3) is 0.280. The van der Waals surface area contributed by atoms with Gasteiger partial charge in [0.1, 0.15) is 6.10 Å². The molecule has 4 heterocycles. The van der Waals surface area contributed by atoms with E-state index in [4.69, 9.17) is 16.3 Å². The second-order valence-corrected chi connectivity index (χ2v) is 9.22. The summed E-state index contributed by atoms with van der Waals surface area (Å²) in [6.07, 6.45) is 1.68. The Labute approximate surface area is 206 Å². The van der Waals surface area contributed by atoms with Crippen LogP contribution in [-0.2, 0) is 17.9 Å². The Morgan fingerprint density at radius 1 is 0.971 bits per heavy atom. The van der Waals surface area contributed by atoms with Crippen LogP contribution in [0.3, 0.4) is 0 Å². The van der Waals surface area contributed by atoms with E-state index in [0.29, 0.717) is 54.7 Å². The van der Waals surface area contributed by atoms with Crippen molar-refractivity contribution in [2.45, 2.75) is 19.3 Å². The van der Waals surface area contributed by atoms with Gasteiger partial charge in [0.05, 0.1) is 18.8 Å². The number of aromatic amines is 1. The summed E-state index contributed by atoms with van der Waals surface area (Å²) in [5.41, 5.74) is 3.57. The number of benzene rings is 2. The lowest BCUT2D eigenvalue weighted by Gasteiger charge is -2.34. The third-order valence-electron chi connectivity index (χ3n) is 6.70. The molecule has 1 saturated heterocycles. The first-order chi connectivity index (χ1) is 17.1. The van der Waals surface area contributed by atoms with E-state index in [9.17, 15) is 9.59 Å². The fourth-order valence-corrected chi connectivity index (χ4v) is 4.81. The number of nitrogens with one attached hydrogen (secondary N) is 1. The van der Waals surface area contributed by atoms with Crippen molar-refractivity contribution in [3.8, 4) is 0 Å². The molecule has 1 unspecified atom stereocenters. The average Bonchev–Trinajstić information content (AvgIpc) is 3.54. The molecule has 2 aliphatic heterocycles. The topological polar surface area (TPSA) is 96.4 Å². The van der Waals surface area contributed by atoms with Gasteiger partial charge in [-0.3, -0.25) is 9.59 Å². The Morgan fingerprint density at radius 2 is 1.71 bits per heavy atom. The van der Waals surface area contributed by atoms with E-state index in [1.165, 1.54) is 0 Å². The van der Waals surface area contributed by atoms with Gasteiger partial charge in [0.25, 0.3) is 11.8 Å². The number of ether oxygens (including phenoxy) is 1. The molecule has 2 amide bonds. The van der Waals surface area contributed by atoms with Crippen molar-refractivity contribution >= 4 is 34.3 Å². The Bertz CT molecular complexity index is 1400. The molecule has 0 radical (unpaired) electrons. The molecule has 0 saturated carbocycles. The average molecular weight is 491 g/mol. The lowest BCUT2D eigenvalue weighted by Crippen LogP contribution is -2.50. The summed E-state index contributed by atoms with van der Waals surface area (Å²) in [4.78, 5) is 32.9. The molecule has 2 aromatic carbocycles. The molecule has 2 aromatic heterocycles. The summed E-state index contributed by atoms with van der Waals surface area (Å²) < 4.78 is 7.76. The van der Waals surface area contributed by atoms with E-state index in [-0.39, 0.29) is 24.5 Å². The van der Waals surface area contributed by atoms with E-state index < -0.39 is 0 Å². The minimum absolute atomic E-state index is 0.0312. The van der Waals surface area contributed by atoms with Crippen molar-refractivity contribution in [3.05, 3.63) is 82.3 Å². The number of fused-ring (bicyclic) bond motifs is 2. The van der Waals surface area contributed by atoms with Crippen molar-refractivity contribution in [3.63, 3.8) is 0 Å². The number of carbonyl (C=O) groups excluding carboxylic acids is 2. The second-order valence-electron chi connectivity index (χ2n) is 8.78. The summed E-state index contributed by atoms with van der Waals surface area (Å²) >= 11 is 5.98. The van der Waals surface area contributed by atoms with Gasteiger partial charge in [-0.25, -0.2) is 4.68 Å². The molecule has 10 heteroatoms. The van der Waals surface area contributed by atoms with Crippen LogP contribution in [0.2, 0.25) is 5.02 Å². The Morgan fingerprint density at radius 3 is 2.49 bits per heavy atom. The maximum atomic E-state index is 13.2. The number of H-pyrrole nitrogens is 1. The van der Waals surface area contributed by atoms with Crippen LogP contribution in [0.5, 0.6) is 0 Å². The predicted octanol–water partition coefficient (Wildman–Crippen LogP) is 3.28. The molecule has 1 fully saturated rings. The molecule has 4 aromatic rings. The standard InChI is InChI=1S/C25H23ClN6O3/c26-19-5-3-17(4-6-19)22-14-32-21(15-35-22)23(28-29-32)25(34)31-11-9-30(10-12-31)24(33)18-2-1-16-7-8-27-20(16)13-18/h1-8,13,22,27H,9-12,14-15H2. The number of piperazine rings is 1. The summed E-state index contributed by atoms with van der Waals surface area (Å²) in [6, 6.07) is 15.1. The zero-order valence-electron chi connectivity index (χ0n) is 18.9. The van der Waals surface area contributed by atoms with Crippen LogP contribution in [0.1, 0.15) is 38.2 Å². The molecule has 0 bridgehead atoms. The van der Waals surface area contributed by atoms with E-state index in [1.807, 2.05) is 54.7 Å². The highest BCUT2D eigenvalue weighted by Crippen LogP contribution is 2.28. The molecule has 0 aliphatic carbocycles. The Hall–Kier alpha value is -3.69. The molecule has 1 atom stereocenters. The van der Waals surface area contributed by atoms with Crippen LogP contribution < -0.4 is 0 Å². The van der Waals surface area contributed by atoms with Gasteiger partial charge in [-0.15, -0.1) is 5.10 Å². The number of nitrogens with zero attached hydrogens (tertiary/aromatic N) is 5. The van der Waals surface area contributed by atoms with E-state index >= 15 is 0 Å². The van der Waals surface area contributed by atoms with Gasteiger partial charge >= 0.3 is 0 Å². The summed E-state index contributed by atoms with van der Waals surface area (Å²) in [5.74, 6) is -0.212. The highest BCUT2D eigenvalue weighted by molar-refractivity contribution is 6.30. The van der Waals surface area contributed by atoms with Crippen LogP contribution in [0.4, 0.5) is 0 Å². The van der Waals surface area contributed by atoms with Crippen molar-refractivity contribution < 1.29 is 14.3 Å². The van der Waals surface area contributed by atoms with Crippen molar-refractivity contribution in [1.82, 2.24) is 29.8 Å². The molecule has 9 nitrogen and oxygen atoms in total. The first-order valence-corrected chi connectivity index (χ1v) is 11.9. The number of aromatic nitrogens is 4. The summed E-state index contributed by atoms with van der Waals surface area (Å²) in [5, 5.41) is 10.1. The smallest absolute Gasteiger partial charge is 0.276 e. The predicted molar refractivity (Wildman–Crippen MR) is 129 cm³/mol. The zero-order valence-corrected chi connectivity index (χ0v) is 19.6. The summed E-state index contributed by atoms with van der Waals surface area (Å²) in [6.45, 7) is 2.54. The molecular formula is C25H23ClN6O3. The third-order valence-corrected chi connectivity index (χ3v) is 6.95. The van der Waals surface area contributed by atoms with Crippen molar-refractivity contribution in [2.75, 3.05) is 26.2 Å². The highest BCUT2D eigenvalue weighted by Gasteiger charge is 2.32. The molecular weight excluding hydrogens is 468 g/mol. The van der Waals surface area contributed by atoms with Gasteiger partial charge in [0, 0.05) is 48.5 Å². The van der Waals surface area contributed by atoms with Gasteiger partial charge in [0.15, 0.2) is 5.69 Å². The first-order valence-electron chi connectivity index (χ1n) is 11.5. The lowest BCUT2D eigenvalue weighted by atomic mass is 10.1. The van der Waals surface area contributed by atoms with Crippen molar-refractivity contribution in [2.24, 2.45) is 0 Å².